The van der Waals surface area contributed by atoms with Gasteiger partial charge in [-0.05, 0) is 0 Å². The summed E-state index contributed by atoms with van der Waals surface area (Å²) in [5.41, 5.74) is 0. The molecule has 0 N–H and O–H groups in total. The summed E-state index contributed by atoms with van der Waals surface area (Å²) in [4.78, 5) is 0. The number of hydrogen-bond donors (Lipinski definition) is 0. The second-order valence-electron chi connectivity index (χ2n) is 0.287. The maximum atomic E-state index is 8.54. The van der Waals surface area contributed by atoms with Gasteiger partial charge in [0, 0.05) is 0 Å². The van der Waals surface area contributed by atoms with Crippen molar-refractivity contribution < 1.29 is 34.3 Å². The van der Waals surface area contributed by atoms with Crippen molar-refractivity contribution in [3.63, 3.8) is 0 Å². The van der Waals surface area contributed by atoms with Crippen LogP contribution >= 0.6 is 0 Å². The van der Waals surface area contributed by atoms with E-state index in [1.165, 1.54) is 0 Å². The van der Waals surface area contributed by atoms with Gasteiger partial charge in [0.2, 0.25) is 0 Å². The van der Waals surface area contributed by atoms with Gasteiger partial charge in [-0.15, -0.1) is 0 Å². The Hall–Kier alpha value is -0.251. The van der Waals surface area contributed by atoms with Crippen LogP contribution in [0, 0.1) is 0 Å². The summed E-state index contributed by atoms with van der Waals surface area (Å²) >= 11 is -3.79. The predicted octanol–water partition coefficient (Wildman–Crippen LogP) is -0.977. The Morgan fingerprint density at radius 2 is 1.00 bits per heavy atom. The molecule has 0 aliphatic heterocycles. The molecule has 0 atom stereocenters. The molecule has 0 amide bonds. The summed E-state index contributed by atoms with van der Waals surface area (Å²) in [5.74, 6) is 0. The van der Waals surface area contributed by atoms with Gasteiger partial charge >= 0.3 is 34.7 Å². The summed E-state index contributed by atoms with van der Waals surface area (Å²) in [5, 5.41) is 0. The van der Waals surface area contributed by atoms with Crippen molar-refractivity contribution in [2.24, 2.45) is 0 Å². The third kappa shape index (κ3) is 1290. The van der Waals surface area contributed by atoms with Gasteiger partial charge in [-0.1, -0.05) is 0 Å². The first kappa shape index (κ1) is 9.89. The van der Waals surface area contributed by atoms with E-state index >= 15 is 0 Å². The Balaban J connectivity index is 0. The molecular weight excluding hydrogens is 160 g/mol. The molecule has 0 aromatic rings. The van der Waals surface area contributed by atoms with Gasteiger partial charge < -0.3 is 0 Å². The molecule has 0 aliphatic rings. The van der Waals surface area contributed by atoms with Crippen LogP contribution in [0.2, 0.25) is 0 Å². The topological polar surface area (TPSA) is 85.3 Å². The minimum absolute atomic E-state index is 1.42. The molecule has 7 heteroatoms. The molecule has 0 bridgehead atoms. The average Bonchev–Trinajstić information content (AvgIpc) is 1.33. The Morgan fingerprint density at radius 1 is 1.00 bits per heavy atom. The van der Waals surface area contributed by atoms with Crippen LogP contribution in [0.4, 0.5) is 0 Å². The van der Waals surface area contributed by atoms with Crippen LogP contribution in [0.15, 0.2) is 0 Å². The standard InChI is InChI=1S/Cr.O2Si.3O/c;1-3-2;;;. The fourth-order valence-corrected chi connectivity index (χ4v) is 0. The Bertz CT molecular complexity index is 135. The molecule has 7 heavy (non-hydrogen) atoms. The van der Waals surface area contributed by atoms with Gasteiger partial charge in [-0.2, -0.15) is 0 Å². The first-order valence-electron chi connectivity index (χ1n) is 0.908. The molecule has 0 spiro atoms. The summed E-state index contributed by atoms with van der Waals surface area (Å²) in [7, 11) is -1.42. The van der Waals surface area contributed by atoms with Crippen LogP contribution < -0.4 is 0 Å². The van der Waals surface area contributed by atoms with E-state index in [9.17, 15) is 0 Å². The first-order chi connectivity index (χ1) is 3.15. The summed E-state index contributed by atoms with van der Waals surface area (Å²) in [6.45, 7) is 0. The molecule has 5 nitrogen and oxygen atoms in total. The second kappa shape index (κ2) is 9.23. The van der Waals surface area contributed by atoms with E-state index in [1.807, 2.05) is 0 Å². The van der Waals surface area contributed by atoms with Gasteiger partial charge in [0.15, 0.2) is 0 Å². The maximum absolute atomic E-state index is 8.54. The fraction of sp³-hybridized carbons (Fsp3) is 0. The predicted molar refractivity (Wildman–Crippen MR) is 9.19 cm³/mol. The van der Waals surface area contributed by atoms with Crippen LogP contribution in [-0.2, 0) is 34.3 Å². The van der Waals surface area contributed by atoms with Crippen molar-refractivity contribution in [1.29, 1.82) is 0 Å². The first-order valence-corrected chi connectivity index (χ1v) is 3.29. The van der Waals surface area contributed by atoms with Crippen molar-refractivity contribution in [3.8, 4) is 0 Å². The van der Waals surface area contributed by atoms with Crippen molar-refractivity contribution in [2.75, 3.05) is 0 Å². The summed E-state index contributed by atoms with van der Waals surface area (Å²) in [6, 6.07) is 0. The Morgan fingerprint density at radius 3 is 1.00 bits per heavy atom. The number of hydrogen-bond acceptors (Lipinski definition) is 5. The molecule has 0 saturated heterocycles. The van der Waals surface area contributed by atoms with Gasteiger partial charge in [0.05, 0.1) is 0 Å². The van der Waals surface area contributed by atoms with E-state index in [4.69, 9.17) is 20.3 Å². The van der Waals surface area contributed by atoms with E-state index in [0.29, 0.717) is 0 Å². The Labute approximate surface area is 44.3 Å². The molecule has 0 heterocycles. The molecular formula is CrO5Si. The number of rotatable bonds is 0. The van der Waals surface area contributed by atoms with Crippen LogP contribution in [0.3, 0.4) is 0 Å². The summed E-state index contributed by atoms with van der Waals surface area (Å²) < 4.78 is 42.4. The SMILES string of the molecule is O=[Si]=O.[O]=[Cr](=[O])=[O]. The van der Waals surface area contributed by atoms with E-state index in [-0.39, 0.29) is 0 Å². The average molecular weight is 160 g/mol. The van der Waals surface area contributed by atoms with Crippen LogP contribution in [0.5, 0.6) is 0 Å². The van der Waals surface area contributed by atoms with Gasteiger partial charge in [0.1, 0.15) is 0 Å². The molecule has 0 radical (unpaired) electrons. The normalized spacial score (nSPS) is 4.57. The molecule has 0 aliphatic carbocycles. The molecule has 0 unspecified atom stereocenters. The zero-order valence-corrected chi connectivity index (χ0v) is 5.22. The molecule has 0 aromatic heterocycles. The quantitative estimate of drug-likeness (QED) is 0.425. The second-order valence-corrected chi connectivity index (χ2v) is 1.09. The third-order valence-corrected chi connectivity index (χ3v) is 0. The van der Waals surface area contributed by atoms with E-state index in [2.05, 4.69) is 0 Å². The third-order valence-electron chi connectivity index (χ3n) is 0. The monoisotopic (exact) mass is 160 g/mol. The van der Waals surface area contributed by atoms with Gasteiger partial charge in [-0.3, -0.25) is 8.92 Å². The van der Waals surface area contributed by atoms with Crippen LogP contribution in [0.1, 0.15) is 0 Å². The fourth-order valence-electron chi connectivity index (χ4n) is 0. The molecule has 40 valence electrons. The minimum atomic E-state index is -3.79. The Kier molecular flexibility index (Phi) is 13.0. The zero-order valence-electron chi connectivity index (χ0n) is 2.95. The van der Waals surface area contributed by atoms with Crippen molar-refractivity contribution in [3.05, 3.63) is 0 Å². The molecule has 0 rings (SSSR count). The van der Waals surface area contributed by atoms with Crippen LogP contribution in [0.25, 0.3) is 0 Å². The van der Waals surface area contributed by atoms with Crippen molar-refractivity contribution in [1.82, 2.24) is 0 Å². The van der Waals surface area contributed by atoms with Crippen LogP contribution in [-0.4, -0.2) is 9.29 Å². The summed E-state index contributed by atoms with van der Waals surface area (Å²) in [6.07, 6.45) is 0. The zero-order chi connectivity index (χ0) is 6.28. The van der Waals surface area contributed by atoms with Crippen molar-refractivity contribution >= 4 is 9.29 Å². The van der Waals surface area contributed by atoms with E-state index < -0.39 is 23.2 Å². The molecule has 0 saturated carbocycles. The molecule has 0 aromatic carbocycles. The van der Waals surface area contributed by atoms with Gasteiger partial charge in [-0.25, -0.2) is 0 Å². The van der Waals surface area contributed by atoms with Gasteiger partial charge in [0.25, 0.3) is 0 Å². The van der Waals surface area contributed by atoms with Crippen molar-refractivity contribution in [2.45, 2.75) is 0 Å². The van der Waals surface area contributed by atoms with E-state index in [0.717, 1.165) is 0 Å². The molecule has 0 fully saturated rings. The van der Waals surface area contributed by atoms with E-state index in [1.54, 1.807) is 0 Å².